The van der Waals surface area contributed by atoms with Gasteiger partial charge < -0.3 is 14.5 Å². The van der Waals surface area contributed by atoms with Gasteiger partial charge in [0.15, 0.2) is 0 Å². The summed E-state index contributed by atoms with van der Waals surface area (Å²) in [7, 11) is 0. The van der Waals surface area contributed by atoms with Gasteiger partial charge in [-0.3, -0.25) is 14.3 Å². The highest BCUT2D eigenvalue weighted by Crippen LogP contribution is 2.34. The van der Waals surface area contributed by atoms with Gasteiger partial charge in [-0.1, -0.05) is 6.58 Å². The predicted molar refractivity (Wildman–Crippen MR) is 135 cm³/mol. The number of pyridine rings is 1. The summed E-state index contributed by atoms with van der Waals surface area (Å²) in [4.78, 5) is 28.1. The number of rotatable bonds is 6. The van der Waals surface area contributed by atoms with E-state index in [2.05, 4.69) is 22.8 Å². The van der Waals surface area contributed by atoms with Gasteiger partial charge >= 0.3 is 0 Å². The molecule has 3 aromatic rings. The number of amides is 2. The Morgan fingerprint density at radius 1 is 1.05 bits per heavy atom. The van der Waals surface area contributed by atoms with E-state index in [4.69, 9.17) is 4.74 Å². The van der Waals surface area contributed by atoms with Gasteiger partial charge in [0.1, 0.15) is 22.9 Å². The standard InChI is InChI=1S/C27H29N7O3/c1-2-25(35)32-14-21(15-32)27(36)31-8-6-22(7-9-31)33-17-20(13-29-33)18-10-24(37-23-4-3-5-23)26-19(11-28)12-30-34(26)16-18/h2,10,12-13,16-17,21-23H,1,3-9,14-15H2. The fourth-order valence-electron chi connectivity index (χ4n) is 5.32. The molecule has 0 unspecified atom stereocenters. The average molecular weight is 500 g/mol. The number of likely N-dealkylation sites (tertiary alicyclic amines) is 2. The molecular weight excluding hydrogens is 470 g/mol. The third kappa shape index (κ3) is 4.24. The van der Waals surface area contributed by atoms with Crippen LogP contribution in [0, 0.1) is 17.2 Å². The van der Waals surface area contributed by atoms with Crippen LogP contribution in [0.15, 0.2) is 43.5 Å². The van der Waals surface area contributed by atoms with Crippen LogP contribution in [0.2, 0.25) is 0 Å². The second-order valence-electron chi connectivity index (χ2n) is 10.1. The SMILES string of the molecule is C=CC(=O)N1CC(C(=O)N2CCC(n3cc(-c4cc(OC5CCC5)c5c(C#N)cnn5c4)cn3)CC2)C1. The van der Waals surface area contributed by atoms with Gasteiger partial charge in [0.05, 0.1) is 30.5 Å². The lowest BCUT2D eigenvalue weighted by atomic mass is 9.96. The minimum absolute atomic E-state index is 0.105. The van der Waals surface area contributed by atoms with Crippen molar-refractivity contribution in [1.29, 1.82) is 5.26 Å². The number of carbonyl (C=O) groups is 2. The molecule has 2 aliphatic heterocycles. The number of ether oxygens (including phenoxy) is 1. The number of nitrogens with zero attached hydrogens (tertiary/aromatic N) is 7. The molecular formula is C27H29N7O3. The molecule has 6 rings (SSSR count). The molecule has 0 spiro atoms. The van der Waals surface area contributed by atoms with Crippen LogP contribution in [0.5, 0.6) is 5.75 Å². The fourth-order valence-corrected chi connectivity index (χ4v) is 5.32. The molecule has 5 heterocycles. The van der Waals surface area contributed by atoms with Gasteiger partial charge in [-0.05, 0) is 44.2 Å². The second-order valence-corrected chi connectivity index (χ2v) is 10.1. The molecule has 0 N–H and O–H groups in total. The summed E-state index contributed by atoms with van der Waals surface area (Å²) in [6, 6.07) is 4.41. The molecule has 1 aliphatic carbocycles. The van der Waals surface area contributed by atoms with Gasteiger partial charge in [0.25, 0.3) is 0 Å². The average Bonchev–Trinajstić information content (AvgIpc) is 3.52. The summed E-state index contributed by atoms with van der Waals surface area (Å²) in [6.45, 7) is 5.83. The maximum atomic E-state index is 12.8. The van der Waals surface area contributed by atoms with Crippen LogP contribution in [-0.4, -0.2) is 73.3 Å². The zero-order valence-electron chi connectivity index (χ0n) is 20.6. The topological polar surface area (TPSA) is 109 Å². The van der Waals surface area contributed by atoms with Crippen molar-refractivity contribution in [2.45, 2.75) is 44.2 Å². The molecule has 0 bridgehead atoms. The van der Waals surface area contributed by atoms with Crippen molar-refractivity contribution in [1.82, 2.24) is 29.2 Å². The number of hydrogen-bond acceptors (Lipinski definition) is 6. The van der Waals surface area contributed by atoms with Gasteiger partial charge in [-0.15, -0.1) is 0 Å². The van der Waals surface area contributed by atoms with E-state index in [1.807, 2.05) is 34.2 Å². The van der Waals surface area contributed by atoms with Crippen molar-refractivity contribution in [3.8, 4) is 22.9 Å². The number of carbonyl (C=O) groups excluding carboxylic acids is 2. The second kappa shape index (κ2) is 9.39. The normalized spacial score (nSPS) is 18.8. The minimum Gasteiger partial charge on any atom is -0.488 e. The van der Waals surface area contributed by atoms with Crippen molar-refractivity contribution < 1.29 is 14.3 Å². The van der Waals surface area contributed by atoms with Crippen LogP contribution < -0.4 is 4.74 Å². The number of nitriles is 1. The summed E-state index contributed by atoms with van der Waals surface area (Å²) >= 11 is 0. The minimum atomic E-state index is -0.115. The largest absolute Gasteiger partial charge is 0.488 e. The molecule has 2 amide bonds. The summed E-state index contributed by atoms with van der Waals surface area (Å²) in [5, 5.41) is 18.5. The van der Waals surface area contributed by atoms with E-state index in [0.717, 1.165) is 43.2 Å². The summed E-state index contributed by atoms with van der Waals surface area (Å²) in [5.74, 6) is 0.596. The molecule has 1 saturated carbocycles. The highest BCUT2D eigenvalue weighted by atomic mass is 16.5. The first-order valence-electron chi connectivity index (χ1n) is 12.9. The van der Waals surface area contributed by atoms with Crippen LogP contribution >= 0.6 is 0 Å². The van der Waals surface area contributed by atoms with E-state index in [1.165, 1.54) is 6.08 Å². The van der Waals surface area contributed by atoms with Crippen molar-refractivity contribution in [3.05, 3.63) is 49.1 Å². The Morgan fingerprint density at radius 3 is 2.51 bits per heavy atom. The van der Waals surface area contributed by atoms with Crippen LogP contribution in [0.3, 0.4) is 0 Å². The van der Waals surface area contributed by atoms with E-state index in [1.54, 1.807) is 15.6 Å². The molecule has 3 aromatic heterocycles. The zero-order valence-corrected chi connectivity index (χ0v) is 20.6. The molecule has 0 aromatic carbocycles. The lowest BCUT2D eigenvalue weighted by Gasteiger charge is -2.41. The maximum absolute atomic E-state index is 12.8. The molecule has 37 heavy (non-hydrogen) atoms. The number of hydrogen-bond donors (Lipinski definition) is 0. The lowest BCUT2D eigenvalue weighted by molar-refractivity contribution is -0.147. The molecule has 3 fully saturated rings. The van der Waals surface area contributed by atoms with E-state index >= 15 is 0 Å². The Bertz CT molecular complexity index is 1400. The molecule has 190 valence electrons. The van der Waals surface area contributed by atoms with E-state index in [9.17, 15) is 14.9 Å². The van der Waals surface area contributed by atoms with Gasteiger partial charge in [0.2, 0.25) is 11.8 Å². The number of fused-ring (bicyclic) bond motifs is 1. The van der Waals surface area contributed by atoms with Gasteiger partial charge in [-0.2, -0.15) is 15.5 Å². The summed E-state index contributed by atoms with van der Waals surface area (Å²) in [5.41, 5.74) is 3.08. The Kier molecular flexibility index (Phi) is 5.91. The fraction of sp³-hybridized carbons (Fsp3) is 0.444. The molecule has 3 aliphatic rings. The van der Waals surface area contributed by atoms with E-state index in [-0.39, 0.29) is 29.9 Å². The Labute approximate surface area is 214 Å². The lowest BCUT2D eigenvalue weighted by Crippen LogP contribution is -2.57. The molecule has 2 saturated heterocycles. The molecule has 10 heteroatoms. The third-order valence-corrected chi connectivity index (χ3v) is 7.85. The van der Waals surface area contributed by atoms with Crippen LogP contribution in [0.1, 0.15) is 43.7 Å². The molecule has 0 atom stereocenters. The summed E-state index contributed by atoms with van der Waals surface area (Å²) < 4.78 is 9.95. The van der Waals surface area contributed by atoms with Crippen molar-refractivity contribution in [2.75, 3.05) is 26.2 Å². The van der Waals surface area contributed by atoms with Gasteiger partial charge in [-0.25, -0.2) is 4.52 Å². The maximum Gasteiger partial charge on any atom is 0.246 e. The first-order chi connectivity index (χ1) is 18.0. The number of aromatic nitrogens is 4. The first kappa shape index (κ1) is 23.3. The van der Waals surface area contributed by atoms with Crippen molar-refractivity contribution in [2.24, 2.45) is 5.92 Å². The summed E-state index contributed by atoms with van der Waals surface area (Å²) in [6.07, 6.45) is 13.7. The Balaban J connectivity index is 1.13. The van der Waals surface area contributed by atoms with E-state index in [0.29, 0.717) is 43.0 Å². The smallest absolute Gasteiger partial charge is 0.246 e. The van der Waals surface area contributed by atoms with Crippen molar-refractivity contribution in [3.63, 3.8) is 0 Å². The highest BCUT2D eigenvalue weighted by Gasteiger charge is 2.38. The van der Waals surface area contributed by atoms with Crippen LogP contribution in [0.4, 0.5) is 0 Å². The molecule has 10 nitrogen and oxygen atoms in total. The zero-order chi connectivity index (χ0) is 25.5. The first-order valence-corrected chi connectivity index (χ1v) is 12.9. The van der Waals surface area contributed by atoms with Crippen LogP contribution in [0.25, 0.3) is 16.6 Å². The Morgan fingerprint density at radius 2 is 1.84 bits per heavy atom. The van der Waals surface area contributed by atoms with Crippen LogP contribution in [-0.2, 0) is 9.59 Å². The van der Waals surface area contributed by atoms with Gasteiger partial charge in [0, 0.05) is 49.7 Å². The third-order valence-electron chi connectivity index (χ3n) is 7.85. The van der Waals surface area contributed by atoms with E-state index < -0.39 is 0 Å². The predicted octanol–water partition coefficient (Wildman–Crippen LogP) is 2.81. The monoisotopic (exact) mass is 499 g/mol. The quantitative estimate of drug-likeness (QED) is 0.483. The Hall–Kier alpha value is -4.13. The van der Waals surface area contributed by atoms with Crippen molar-refractivity contribution >= 4 is 17.3 Å². The molecule has 0 radical (unpaired) electrons. The number of piperidine rings is 1. The highest BCUT2D eigenvalue weighted by molar-refractivity contribution is 5.90.